The van der Waals surface area contributed by atoms with Gasteiger partial charge in [0.15, 0.2) is 0 Å². The van der Waals surface area contributed by atoms with Crippen molar-refractivity contribution in [1.29, 1.82) is 0 Å². The molecular weight excluding hydrogens is 342 g/mol. The molecule has 0 unspecified atom stereocenters. The number of thioether (sulfide) groups is 1. The van der Waals surface area contributed by atoms with E-state index in [9.17, 15) is 4.79 Å². The zero-order valence-electron chi connectivity index (χ0n) is 13.5. The lowest BCUT2D eigenvalue weighted by atomic mass is 10.1. The minimum Gasteiger partial charge on any atom is -0.488 e. The molecule has 1 aromatic rings. The maximum Gasteiger partial charge on any atom is 0.266 e. The van der Waals surface area contributed by atoms with Crippen LogP contribution in [0.1, 0.15) is 18.9 Å². The van der Waals surface area contributed by atoms with Crippen molar-refractivity contribution < 1.29 is 14.3 Å². The zero-order valence-corrected chi connectivity index (χ0v) is 15.1. The van der Waals surface area contributed by atoms with Crippen LogP contribution >= 0.6 is 24.0 Å². The van der Waals surface area contributed by atoms with Crippen LogP contribution in [0.2, 0.25) is 0 Å². The highest BCUT2D eigenvalue weighted by atomic mass is 32.2. The molecule has 0 N–H and O–H groups in total. The summed E-state index contributed by atoms with van der Waals surface area (Å²) in [5.74, 6) is 0.847. The lowest BCUT2D eigenvalue weighted by Crippen LogP contribution is -2.29. The molecule has 1 saturated heterocycles. The molecule has 0 saturated carbocycles. The minimum absolute atomic E-state index is 0.0266. The minimum atomic E-state index is -0.0266. The zero-order chi connectivity index (χ0) is 16.9. The Morgan fingerprint density at radius 2 is 2.25 bits per heavy atom. The van der Waals surface area contributed by atoms with Crippen LogP contribution in [0, 0.1) is 0 Å². The Bertz CT molecular complexity index is 712. The number of carbonyl (C=O) groups excluding carboxylic acids is 1. The molecule has 0 radical (unpaired) electrons. The van der Waals surface area contributed by atoms with E-state index in [2.05, 4.69) is 6.08 Å². The predicted molar refractivity (Wildman–Crippen MR) is 101 cm³/mol. The third-order valence-corrected chi connectivity index (χ3v) is 5.10. The number of para-hydroxylation sites is 1. The molecule has 0 aliphatic carbocycles. The van der Waals surface area contributed by atoms with Gasteiger partial charge in [0.05, 0.1) is 4.91 Å². The third kappa shape index (κ3) is 3.88. The van der Waals surface area contributed by atoms with Gasteiger partial charge in [-0.2, -0.15) is 0 Å². The van der Waals surface area contributed by atoms with Gasteiger partial charge in [-0.25, -0.2) is 0 Å². The summed E-state index contributed by atoms with van der Waals surface area (Å²) in [6.45, 7) is 4.35. The fourth-order valence-electron chi connectivity index (χ4n) is 2.55. The fraction of sp³-hybridized carbons (Fsp3) is 0.333. The highest BCUT2D eigenvalue weighted by molar-refractivity contribution is 8.26. The molecule has 0 spiro atoms. The number of fused-ring (bicyclic) bond motifs is 1. The van der Waals surface area contributed by atoms with Gasteiger partial charge in [-0.3, -0.25) is 9.69 Å². The van der Waals surface area contributed by atoms with Gasteiger partial charge < -0.3 is 9.47 Å². The quantitative estimate of drug-likeness (QED) is 0.439. The van der Waals surface area contributed by atoms with Crippen LogP contribution < -0.4 is 4.74 Å². The Labute approximate surface area is 151 Å². The van der Waals surface area contributed by atoms with Gasteiger partial charge in [0.1, 0.15) is 16.7 Å². The van der Waals surface area contributed by atoms with Crippen LogP contribution in [0.3, 0.4) is 0 Å². The fourth-order valence-corrected chi connectivity index (χ4v) is 3.87. The van der Waals surface area contributed by atoms with Crippen molar-refractivity contribution in [2.45, 2.75) is 13.3 Å². The molecule has 0 aromatic heterocycles. The van der Waals surface area contributed by atoms with E-state index in [0.29, 0.717) is 35.6 Å². The number of rotatable bonds is 6. The number of nitrogens with zero attached hydrogens (tertiary/aromatic N) is 1. The summed E-state index contributed by atoms with van der Waals surface area (Å²) in [4.78, 5) is 14.9. The monoisotopic (exact) mass is 361 g/mol. The van der Waals surface area contributed by atoms with Gasteiger partial charge >= 0.3 is 0 Å². The summed E-state index contributed by atoms with van der Waals surface area (Å²) in [6.07, 6.45) is 4.73. The van der Waals surface area contributed by atoms with Gasteiger partial charge in [-0.1, -0.05) is 42.2 Å². The Hall–Kier alpha value is -1.63. The smallest absolute Gasteiger partial charge is 0.266 e. The summed E-state index contributed by atoms with van der Waals surface area (Å²) in [5, 5.41) is 0. The van der Waals surface area contributed by atoms with E-state index >= 15 is 0 Å². The number of hydrogen-bond acceptors (Lipinski definition) is 5. The summed E-state index contributed by atoms with van der Waals surface area (Å²) in [5.41, 5.74) is 2.01. The molecule has 1 aromatic carbocycles. The molecule has 0 bridgehead atoms. The summed E-state index contributed by atoms with van der Waals surface area (Å²) >= 11 is 6.69. The SMILES string of the molecule is CCOCCCN1C(=O)/C(=C/C2=Cc3ccccc3OC2)SC1=S. The highest BCUT2D eigenvalue weighted by Gasteiger charge is 2.31. The number of benzene rings is 1. The van der Waals surface area contributed by atoms with E-state index in [-0.39, 0.29) is 5.91 Å². The molecule has 6 heteroatoms. The first-order valence-corrected chi connectivity index (χ1v) is 9.17. The molecule has 1 fully saturated rings. The number of hydrogen-bond donors (Lipinski definition) is 0. The van der Waals surface area contributed by atoms with E-state index in [1.54, 1.807) is 4.90 Å². The second-order valence-electron chi connectivity index (χ2n) is 5.43. The molecule has 2 aliphatic heterocycles. The van der Waals surface area contributed by atoms with Crippen molar-refractivity contribution >= 4 is 40.3 Å². The topological polar surface area (TPSA) is 38.8 Å². The highest BCUT2D eigenvalue weighted by Crippen LogP contribution is 2.33. The van der Waals surface area contributed by atoms with Crippen molar-refractivity contribution in [3.8, 4) is 5.75 Å². The Kier molecular flexibility index (Phi) is 5.71. The van der Waals surface area contributed by atoms with E-state index in [1.165, 1.54) is 11.8 Å². The number of ether oxygens (including phenoxy) is 2. The van der Waals surface area contributed by atoms with Crippen molar-refractivity contribution in [2.75, 3.05) is 26.4 Å². The van der Waals surface area contributed by atoms with Crippen molar-refractivity contribution in [3.63, 3.8) is 0 Å². The molecule has 0 atom stereocenters. The molecule has 3 rings (SSSR count). The summed E-state index contributed by atoms with van der Waals surface area (Å²) < 4.78 is 11.7. The molecule has 2 heterocycles. The predicted octanol–water partition coefficient (Wildman–Crippen LogP) is 3.63. The molecule has 126 valence electrons. The number of amides is 1. The first-order valence-electron chi connectivity index (χ1n) is 7.94. The van der Waals surface area contributed by atoms with Crippen LogP contribution in [0.5, 0.6) is 5.75 Å². The van der Waals surface area contributed by atoms with Crippen molar-refractivity contribution in [3.05, 3.63) is 46.4 Å². The van der Waals surface area contributed by atoms with Crippen LogP contribution in [-0.2, 0) is 9.53 Å². The van der Waals surface area contributed by atoms with Crippen LogP contribution in [0.4, 0.5) is 0 Å². The van der Waals surface area contributed by atoms with Crippen molar-refractivity contribution in [1.82, 2.24) is 4.90 Å². The molecule has 2 aliphatic rings. The standard InChI is InChI=1S/C18H19NO3S2/c1-2-21-9-5-8-19-17(20)16(24-18(19)23)11-13-10-14-6-3-4-7-15(14)22-12-13/h3-4,6-7,10-11H,2,5,8-9,12H2,1H3/b16-11-. The summed E-state index contributed by atoms with van der Waals surface area (Å²) in [6, 6.07) is 7.87. The first-order chi connectivity index (χ1) is 11.7. The Balaban J connectivity index is 1.69. The molecule has 4 nitrogen and oxygen atoms in total. The lowest BCUT2D eigenvalue weighted by molar-refractivity contribution is -0.122. The maximum absolute atomic E-state index is 12.5. The van der Waals surface area contributed by atoms with E-state index in [4.69, 9.17) is 21.7 Å². The summed E-state index contributed by atoms with van der Waals surface area (Å²) in [7, 11) is 0. The third-order valence-electron chi connectivity index (χ3n) is 3.72. The normalized spacial score (nSPS) is 18.6. The molecule has 24 heavy (non-hydrogen) atoms. The van der Waals surface area contributed by atoms with E-state index in [1.807, 2.05) is 37.3 Å². The van der Waals surface area contributed by atoms with Crippen LogP contribution in [0.15, 0.2) is 40.8 Å². The van der Waals surface area contributed by atoms with E-state index < -0.39 is 0 Å². The average Bonchev–Trinajstić information content (AvgIpc) is 2.85. The van der Waals surface area contributed by atoms with Gasteiger partial charge in [0.25, 0.3) is 5.91 Å². The Morgan fingerprint density at radius 3 is 3.08 bits per heavy atom. The first kappa shape index (κ1) is 17.2. The van der Waals surface area contributed by atoms with Crippen molar-refractivity contribution in [2.24, 2.45) is 0 Å². The number of thiocarbonyl (C=S) groups is 1. The second-order valence-corrected chi connectivity index (χ2v) is 7.11. The van der Waals surface area contributed by atoms with Gasteiger partial charge in [0.2, 0.25) is 0 Å². The lowest BCUT2D eigenvalue weighted by Gasteiger charge is -2.16. The average molecular weight is 361 g/mol. The second kappa shape index (κ2) is 7.96. The molecule has 1 amide bonds. The Morgan fingerprint density at radius 1 is 1.42 bits per heavy atom. The van der Waals surface area contributed by atoms with Gasteiger partial charge in [-0.15, -0.1) is 0 Å². The van der Waals surface area contributed by atoms with Gasteiger partial charge in [0, 0.05) is 25.3 Å². The maximum atomic E-state index is 12.5. The van der Waals surface area contributed by atoms with Gasteiger partial charge in [-0.05, 0) is 37.1 Å². The van der Waals surface area contributed by atoms with Crippen LogP contribution in [0.25, 0.3) is 6.08 Å². The number of carbonyl (C=O) groups is 1. The largest absolute Gasteiger partial charge is 0.488 e. The van der Waals surface area contributed by atoms with E-state index in [0.717, 1.165) is 23.3 Å². The molecular formula is C18H19NO3S2. The van der Waals surface area contributed by atoms with Crippen LogP contribution in [-0.4, -0.2) is 41.5 Å².